The molecule has 0 saturated heterocycles. The third kappa shape index (κ3) is 5.27. The summed E-state index contributed by atoms with van der Waals surface area (Å²) >= 11 is 6.16. The molecule has 1 amide bonds. The predicted molar refractivity (Wildman–Crippen MR) is 112 cm³/mol. The van der Waals surface area contributed by atoms with Gasteiger partial charge in [0.2, 0.25) is 0 Å². The van der Waals surface area contributed by atoms with Gasteiger partial charge < -0.3 is 14.6 Å². The van der Waals surface area contributed by atoms with E-state index in [0.717, 1.165) is 5.56 Å². The molecular formula is C22H19ClN2O4. The molecule has 0 aromatic heterocycles. The van der Waals surface area contributed by atoms with Crippen molar-refractivity contribution in [3.8, 4) is 17.2 Å². The highest BCUT2D eigenvalue weighted by Crippen LogP contribution is 2.23. The number of halogens is 1. The van der Waals surface area contributed by atoms with Gasteiger partial charge >= 0.3 is 0 Å². The third-order valence-electron chi connectivity index (χ3n) is 4.08. The average Bonchev–Trinajstić information content (AvgIpc) is 2.73. The number of carbonyl (C=O) groups excluding carboxylic acids is 1. The molecule has 29 heavy (non-hydrogen) atoms. The molecule has 3 aromatic carbocycles. The van der Waals surface area contributed by atoms with Crippen molar-refractivity contribution in [1.29, 1.82) is 0 Å². The Bertz CT molecular complexity index is 1040. The van der Waals surface area contributed by atoms with E-state index in [4.69, 9.17) is 21.1 Å². The van der Waals surface area contributed by atoms with Crippen LogP contribution in [0.2, 0.25) is 5.02 Å². The fraction of sp³-hybridized carbons (Fsp3) is 0.0909. The lowest BCUT2D eigenvalue weighted by Crippen LogP contribution is -2.17. The molecule has 0 atom stereocenters. The molecule has 3 rings (SSSR count). The van der Waals surface area contributed by atoms with Gasteiger partial charge in [-0.1, -0.05) is 41.9 Å². The van der Waals surface area contributed by atoms with Crippen LogP contribution in [0.5, 0.6) is 17.2 Å². The molecule has 0 aliphatic heterocycles. The van der Waals surface area contributed by atoms with Gasteiger partial charge in [0, 0.05) is 22.2 Å². The number of phenols is 1. The fourth-order valence-corrected chi connectivity index (χ4v) is 2.73. The second-order valence-corrected chi connectivity index (χ2v) is 6.41. The zero-order valence-corrected chi connectivity index (χ0v) is 16.4. The Labute approximate surface area is 173 Å². The van der Waals surface area contributed by atoms with E-state index >= 15 is 0 Å². The smallest absolute Gasteiger partial charge is 0.275 e. The molecule has 2 N–H and O–H groups in total. The molecule has 6 nitrogen and oxygen atoms in total. The number of aromatic hydroxyl groups is 1. The Balaban J connectivity index is 1.66. The van der Waals surface area contributed by atoms with Gasteiger partial charge in [0.1, 0.15) is 23.9 Å². The van der Waals surface area contributed by atoms with Crippen molar-refractivity contribution in [2.75, 3.05) is 7.11 Å². The Morgan fingerprint density at radius 3 is 2.66 bits per heavy atom. The number of carbonyl (C=O) groups is 1. The number of benzene rings is 3. The number of nitrogens with zero attached hydrogens (tertiary/aromatic N) is 1. The number of methoxy groups -OCH3 is 1. The van der Waals surface area contributed by atoms with Crippen LogP contribution < -0.4 is 14.9 Å². The summed E-state index contributed by atoms with van der Waals surface area (Å²) in [5.74, 6) is 0.307. The van der Waals surface area contributed by atoms with Crippen LogP contribution >= 0.6 is 11.6 Å². The molecule has 0 saturated carbocycles. The van der Waals surface area contributed by atoms with E-state index in [2.05, 4.69) is 10.5 Å². The maximum Gasteiger partial charge on any atom is 0.275 e. The monoisotopic (exact) mass is 410 g/mol. The molecule has 0 aliphatic rings. The number of hydrogen-bond donors (Lipinski definition) is 2. The first-order valence-corrected chi connectivity index (χ1v) is 9.12. The first-order chi connectivity index (χ1) is 14.1. The third-order valence-corrected chi connectivity index (χ3v) is 4.45. The van der Waals surface area contributed by atoms with Gasteiger partial charge in [0.15, 0.2) is 0 Å². The Morgan fingerprint density at radius 2 is 1.90 bits per heavy atom. The van der Waals surface area contributed by atoms with Gasteiger partial charge in [0.25, 0.3) is 5.91 Å². The number of hydrogen-bond acceptors (Lipinski definition) is 5. The lowest BCUT2D eigenvalue weighted by atomic mass is 10.2. The maximum atomic E-state index is 12.2. The van der Waals surface area contributed by atoms with Crippen LogP contribution in [-0.2, 0) is 6.61 Å². The molecule has 0 fully saturated rings. The number of nitrogens with one attached hydrogen (secondary N) is 1. The Hall–Kier alpha value is -3.51. The molecule has 0 aliphatic carbocycles. The number of para-hydroxylation sites is 1. The topological polar surface area (TPSA) is 80.2 Å². The summed E-state index contributed by atoms with van der Waals surface area (Å²) in [6.07, 6.45) is 1.47. The van der Waals surface area contributed by atoms with Crippen LogP contribution in [0.4, 0.5) is 0 Å². The zero-order chi connectivity index (χ0) is 20.6. The van der Waals surface area contributed by atoms with Crippen molar-refractivity contribution in [3.05, 3.63) is 88.4 Å². The molecule has 0 spiro atoms. The average molecular weight is 411 g/mol. The molecular weight excluding hydrogens is 392 g/mol. The van der Waals surface area contributed by atoms with E-state index in [-0.39, 0.29) is 11.3 Å². The van der Waals surface area contributed by atoms with Crippen LogP contribution in [0.1, 0.15) is 21.5 Å². The van der Waals surface area contributed by atoms with Gasteiger partial charge in [0.05, 0.1) is 18.9 Å². The van der Waals surface area contributed by atoms with Crippen molar-refractivity contribution in [2.45, 2.75) is 6.61 Å². The van der Waals surface area contributed by atoms with E-state index in [1.807, 2.05) is 36.4 Å². The van der Waals surface area contributed by atoms with Crippen LogP contribution in [0.3, 0.4) is 0 Å². The van der Waals surface area contributed by atoms with Crippen LogP contribution in [0.25, 0.3) is 0 Å². The van der Waals surface area contributed by atoms with E-state index in [1.54, 1.807) is 18.2 Å². The maximum absolute atomic E-state index is 12.2. The summed E-state index contributed by atoms with van der Waals surface area (Å²) < 4.78 is 10.8. The van der Waals surface area contributed by atoms with Gasteiger partial charge in [-0.2, -0.15) is 5.10 Å². The quantitative estimate of drug-likeness (QED) is 0.447. The first kappa shape index (κ1) is 20.2. The van der Waals surface area contributed by atoms with Crippen molar-refractivity contribution in [2.24, 2.45) is 5.10 Å². The standard InChI is InChI=1S/C22H19ClN2O4/c1-28-17-10-11-18(20(26)12-17)22(27)25-24-13-15-6-3-5-9-21(15)29-14-16-7-2-4-8-19(16)23/h2-13,26H,14H2,1H3,(H,25,27)/b24-13-. The van der Waals surface area contributed by atoms with Crippen LogP contribution in [-0.4, -0.2) is 24.3 Å². The van der Waals surface area contributed by atoms with Gasteiger partial charge in [-0.3, -0.25) is 4.79 Å². The highest BCUT2D eigenvalue weighted by Gasteiger charge is 2.11. The summed E-state index contributed by atoms with van der Waals surface area (Å²) in [6, 6.07) is 19.1. The van der Waals surface area contributed by atoms with Crippen molar-refractivity contribution >= 4 is 23.7 Å². The lowest BCUT2D eigenvalue weighted by molar-refractivity contribution is 0.0952. The summed E-state index contributed by atoms with van der Waals surface area (Å²) in [4.78, 5) is 12.2. The van der Waals surface area contributed by atoms with Crippen LogP contribution in [0.15, 0.2) is 71.8 Å². The second kappa shape index (κ2) is 9.61. The molecule has 148 valence electrons. The highest BCUT2D eigenvalue weighted by atomic mass is 35.5. The molecule has 0 heterocycles. The number of phenolic OH excluding ortho intramolecular Hbond substituents is 1. The SMILES string of the molecule is COc1ccc(C(=O)N/N=C\c2ccccc2OCc2ccccc2Cl)c(O)c1. The van der Waals surface area contributed by atoms with Crippen molar-refractivity contribution in [1.82, 2.24) is 5.43 Å². The summed E-state index contributed by atoms with van der Waals surface area (Å²) in [7, 11) is 1.48. The van der Waals surface area contributed by atoms with E-state index in [1.165, 1.54) is 25.5 Å². The molecule has 0 radical (unpaired) electrons. The van der Waals surface area contributed by atoms with E-state index in [9.17, 15) is 9.90 Å². The number of amides is 1. The molecule has 0 bridgehead atoms. The summed E-state index contributed by atoms with van der Waals surface area (Å²) in [6.45, 7) is 0.302. The number of rotatable bonds is 7. The normalized spacial score (nSPS) is 10.7. The van der Waals surface area contributed by atoms with Crippen molar-refractivity contribution in [3.63, 3.8) is 0 Å². The zero-order valence-electron chi connectivity index (χ0n) is 15.6. The first-order valence-electron chi connectivity index (χ1n) is 8.74. The Morgan fingerprint density at radius 1 is 1.14 bits per heavy atom. The van der Waals surface area contributed by atoms with Gasteiger partial charge in [-0.05, 0) is 30.3 Å². The van der Waals surface area contributed by atoms with Gasteiger partial charge in [-0.15, -0.1) is 0 Å². The Kier molecular flexibility index (Phi) is 6.71. The highest BCUT2D eigenvalue weighted by molar-refractivity contribution is 6.31. The largest absolute Gasteiger partial charge is 0.507 e. The minimum absolute atomic E-state index is 0.0891. The van der Waals surface area contributed by atoms with Gasteiger partial charge in [-0.25, -0.2) is 5.43 Å². The predicted octanol–water partition coefficient (Wildman–Crippen LogP) is 4.40. The van der Waals surface area contributed by atoms with Crippen molar-refractivity contribution < 1.29 is 19.4 Å². The summed E-state index contributed by atoms with van der Waals surface area (Å²) in [5.41, 5.74) is 4.02. The minimum atomic E-state index is -0.545. The molecule has 3 aromatic rings. The minimum Gasteiger partial charge on any atom is -0.507 e. The fourth-order valence-electron chi connectivity index (χ4n) is 2.54. The van der Waals surface area contributed by atoms with Crippen LogP contribution in [0, 0.1) is 0 Å². The number of ether oxygens (including phenoxy) is 2. The summed E-state index contributed by atoms with van der Waals surface area (Å²) in [5, 5.41) is 14.5. The van der Waals surface area contributed by atoms with E-state index < -0.39 is 5.91 Å². The molecule has 0 unspecified atom stereocenters. The molecule has 7 heteroatoms. The lowest BCUT2D eigenvalue weighted by Gasteiger charge is -2.10. The van der Waals surface area contributed by atoms with E-state index in [0.29, 0.717) is 28.7 Å². The number of hydrazone groups is 1. The second-order valence-electron chi connectivity index (χ2n) is 6.00.